The van der Waals surface area contributed by atoms with E-state index in [0.29, 0.717) is 11.1 Å². The number of fused-ring (bicyclic) bond motifs is 3. The van der Waals surface area contributed by atoms with Crippen LogP contribution in [0.5, 0.6) is 5.75 Å². The summed E-state index contributed by atoms with van der Waals surface area (Å²) in [5.74, 6) is -7.08. The second-order valence-electron chi connectivity index (χ2n) is 10.1. The number of primary amides is 1. The fourth-order valence-corrected chi connectivity index (χ4v) is 5.65. The number of phenols is 1. The first-order valence-corrected chi connectivity index (χ1v) is 13.7. The van der Waals surface area contributed by atoms with E-state index in [2.05, 4.69) is 10.6 Å². The predicted octanol–water partition coefficient (Wildman–Crippen LogP) is 2.22. The number of Topliss-reactive ketones (excluding diaryl/α,β-unsaturated/α-hetero) is 2. The van der Waals surface area contributed by atoms with Crippen LogP contribution in [-0.4, -0.2) is 63.5 Å². The Hall–Kier alpha value is -4.48. The summed E-state index contributed by atoms with van der Waals surface area (Å²) in [6.45, 7) is 3.94. The number of hydrogen-bond acceptors (Lipinski definition) is 9. The molecule has 0 aliphatic heterocycles. The van der Waals surface area contributed by atoms with Crippen LogP contribution in [0.2, 0.25) is 0 Å². The number of aromatic hydroxyl groups is 1. The Bertz CT molecular complexity index is 1460. The molecule has 0 spiro atoms. The molecular formula is C31H37N3O8. The van der Waals surface area contributed by atoms with Gasteiger partial charge >= 0.3 is 0 Å². The second-order valence-corrected chi connectivity index (χ2v) is 10.1. The summed E-state index contributed by atoms with van der Waals surface area (Å²) in [7, 11) is 3.75. The lowest BCUT2D eigenvalue weighted by atomic mass is 9.59. The minimum Gasteiger partial charge on any atom is -0.508 e. The largest absolute Gasteiger partial charge is 0.508 e. The molecule has 2 aromatic carbocycles. The summed E-state index contributed by atoms with van der Waals surface area (Å²) in [6, 6.07) is 11.8. The van der Waals surface area contributed by atoms with Gasteiger partial charge in [0.1, 0.15) is 22.8 Å². The van der Waals surface area contributed by atoms with E-state index in [1.807, 2.05) is 27.9 Å². The molecule has 3 aliphatic carbocycles. The molecule has 1 saturated carbocycles. The molecular weight excluding hydrogens is 542 g/mol. The lowest BCUT2D eigenvalue weighted by Gasteiger charge is -2.46. The Kier molecular flexibility index (Phi) is 9.92. The number of aliphatic hydroxyl groups is 3. The van der Waals surface area contributed by atoms with Gasteiger partial charge in [0.25, 0.3) is 11.8 Å². The third-order valence-corrected chi connectivity index (χ3v) is 7.50. The van der Waals surface area contributed by atoms with Crippen LogP contribution < -0.4 is 16.4 Å². The van der Waals surface area contributed by atoms with Crippen LogP contribution in [0.1, 0.15) is 53.7 Å². The van der Waals surface area contributed by atoms with Crippen molar-refractivity contribution in [1.29, 1.82) is 0 Å². The number of nitrogens with two attached hydrogens (primary N) is 1. The second kappa shape index (κ2) is 13.0. The van der Waals surface area contributed by atoms with E-state index in [4.69, 9.17) is 5.73 Å². The summed E-state index contributed by atoms with van der Waals surface area (Å²) in [4.78, 5) is 50.0. The number of aliphatic hydroxyl groups excluding tert-OH is 2. The van der Waals surface area contributed by atoms with Crippen molar-refractivity contribution >= 4 is 29.1 Å². The van der Waals surface area contributed by atoms with E-state index in [0.717, 1.165) is 0 Å². The van der Waals surface area contributed by atoms with Gasteiger partial charge in [0.15, 0.2) is 11.4 Å². The van der Waals surface area contributed by atoms with Crippen LogP contribution in [0.3, 0.4) is 0 Å². The standard InChI is InChI=1S/C27H24N2O8.C2H7N.C2H6/c28-25(35)20-17(30)10-16-9-15-8-13-6-7-14(11-29-26(36)12-4-2-1-3-5-12)21(31)18(13)22(32)19(15)23(33)27(16,37)24(20)34;1-3-2;1-2/h1-7,15-16,31-32,34,37H,8-11H2,(H2,28,35)(H,29,36);3H,1-2H3;1-2H3/t15?,16-,27-;;/m0../s1. The van der Waals surface area contributed by atoms with Crippen molar-refractivity contribution in [2.24, 2.45) is 17.6 Å². The number of benzene rings is 2. The van der Waals surface area contributed by atoms with Crippen LogP contribution in [0.15, 0.2) is 59.4 Å². The fraction of sp³-hybridized carbons (Fsp3) is 0.355. The molecule has 3 aliphatic rings. The average molecular weight is 580 g/mol. The zero-order valence-electron chi connectivity index (χ0n) is 24.0. The van der Waals surface area contributed by atoms with Gasteiger partial charge in [0.05, 0.1) is 5.56 Å². The maximum atomic E-state index is 13.5. The summed E-state index contributed by atoms with van der Waals surface area (Å²) in [6.07, 6.45) is -0.0789. The maximum Gasteiger partial charge on any atom is 0.255 e. The molecule has 11 nitrogen and oxygen atoms in total. The summed E-state index contributed by atoms with van der Waals surface area (Å²) < 4.78 is 0. The summed E-state index contributed by atoms with van der Waals surface area (Å²) in [5, 5.41) is 49.5. The van der Waals surface area contributed by atoms with Gasteiger partial charge in [-0.25, -0.2) is 0 Å². The number of carbonyl (C=O) groups excluding carboxylic acids is 4. The topological polar surface area (TPSA) is 199 Å². The molecule has 2 amide bonds. The smallest absolute Gasteiger partial charge is 0.255 e. The first kappa shape index (κ1) is 32.0. The molecule has 0 heterocycles. The van der Waals surface area contributed by atoms with Crippen molar-refractivity contribution in [3.63, 3.8) is 0 Å². The molecule has 42 heavy (non-hydrogen) atoms. The van der Waals surface area contributed by atoms with E-state index < -0.39 is 52.0 Å². The average Bonchev–Trinajstić information content (AvgIpc) is 2.96. The zero-order chi connectivity index (χ0) is 31.4. The number of rotatable bonds is 4. The molecule has 5 rings (SSSR count). The summed E-state index contributed by atoms with van der Waals surface area (Å²) in [5.41, 5.74) is 2.79. The Morgan fingerprint density at radius 2 is 1.62 bits per heavy atom. The molecule has 0 bridgehead atoms. The Morgan fingerprint density at radius 3 is 2.21 bits per heavy atom. The Balaban J connectivity index is 0.000000910. The highest BCUT2D eigenvalue weighted by atomic mass is 16.3. The minimum atomic E-state index is -2.60. The number of nitrogens with one attached hydrogen (secondary N) is 2. The summed E-state index contributed by atoms with van der Waals surface area (Å²) >= 11 is 0. The van der Waals surface area contributed by atoms with E-state index in [1.165, 1.54) is 0 Å². The lowest BCUT2D eigenvalue weighted by Crippen LogP contribution is -2.58. The zero-order valence-corrected chi connectivity index (χ0v) is 24.0. The molecule has 1 unspecified atom stereocenters. The highest BCUT2D eigenvalue weighted by Crippen LogP contribution is 2.52. The van der Waals surface area contributed by atoms with Gasteiger partial charge in [0, 0.05) is 35.6 Å². The number of hydrogen-bond donors (Lipinski definition) is 7. The third-order valence-electron chi connectivity index (χ3n) is 7.50. The van der Waals surface area contributed by atoms with Gasteiger partial charge < -0.3 is 36.8 Å². The van der Waals surface area contributed by atoms with Crippen molar-refractivity contribution in [3.05, 3.63) is 81.6 Å². The van der Waals surface area contributed by atoms with Crippen LogP contribution in [0.25, 0.3) is 5.76 Å². The van der Waals surface area contributed by atoms with Gasteiger partial charge in [-0.15, -0.1) is 0 Å². The van der Waals surface area contributed by atoms with E-state index in [1.54, 1.807) is 42.5 Å². The number of ketones is 2. The van der Waals surface area contributed by atoms with Gasteiger partial charge in [0.2, 0.25) is 5.78 Å². The lowest BCUT2D eigenvalue weighted by molar-refractivity contribution is -0.147. The van der Waals surface area contributed by atoms with Crippen LogP contribution in [0, 0.1) is 11.8 Å². The molecule has 11 heteroatoms. The van der Waals surface area contributed by atoms with E-state index in [9.17, 15) is 39.6 Å². The normalized spacial score (nSPS) is 22.4. The van der Waals surface area contributed by atoms with Crippen molar-refractivity contribution in [2.75, 3.05) is 14.1 Å². The van der Waals surface area contributed by atoms with Gasteiger partial charge in [-0.2, -0.15) is 0 Å². The Labute approximate surface area is 243 Å². The van der Waals surface area contributed by atoms with E-state index >= 15 is 0 Å². The fourth-order valence-electron chi connectivity index (χ4n) is 5.65. The third kappa shape index (κ3) is 5.53. The molecule has 1 fully saturated rings. The SMILES string of the molecule is CC.CNC.NC(=O)C1=C(O)[C@@]2(O)C(=O)C3=C(O)c4c(ccc(CNC(=O)c5ccccc5)c4O)CC3C[C@H]2CC1=O. The monoisotopic (exact) mass is 579 g/mol. The van der Waals surface area contributed by atoms with Gasteiger partial charge in [-0.05, 0) is 50.6 Å². The quantitative estimate of drug-likeness (QED) is 0.265. The maximum absolute atomic E-state index is 13.5. The van der Waals surface area contributed by atoms with Crippen molar-refractivity contribution in [1.82, 2.24) is 10.6 Å². The molecule has 2 aromatic rings. The molecule has 0 aromatic heterocycles. The van der Waals surface area contributed by atoms with Crippen molar-refractivity contribution < 1.29 is 39.6 Å². The van der Waals surface area contributed by atoms with Crippen LogP contribution in [-0.2, 0) is 27.3 Å². The van der Waals surface area contributed by atoms with Gasteiger partial charge in [-0.3, -0.25) is 19.2 Å². The van der Waals surface area contributed by atoms with Crippen LogP contribution in [0.4, 0.5) is 0 Å². The molecule has 3 atom stereocenters. The van der Waals surface area contributed by atoms with Gasteiger partial charge in [-0.1, -0.05) is 44.2 Å². The molecule has 8 N–H and O–H groups in total. The Morgan fingerprint density at radius 1 is 1.00 bits per heavy atom. The molecule has 224 valence electrons. The number of amides is 2. The number of carbonyl (C=O) groups is 4. The van der Waals surface area contributed by atoms with Crippen molar-refractivity contribution in [3.8, 4) is 5.75 Å². The van der Waals surface area contributed by atoms with E-state index in [-0.39, 0.29) is 54.2 Å². The van der Waals surface area contributed by atoms with Crippen LogP contribution >= 0.6 is 0 Å². The highest BCUT2D eigenvalue weighted by molar-refractivity contribution is 6.22. The predicted molar refractivity (Wildman–Crippen MR) is 155 cm³/mol. The molecule has 0 radical (unpaired) electrons. The molecule has 0 saturated heterocycles. The minimum absolute atomic E-state index is 0.0152. The number of phenolic OH excluding ortho intramolecular Hbond substituents is 1. The van der Waals surface area contributed by atoms with Crippen molar-refractivity contribution in [2.45, 2.75) is 45.3 Å². The first-order valence-electron chi connectivity index (χ1n) is 13.7. The highest BCUT2D eigenvalue weighted by Gasteiger charge is 2.60. The first-order chi connectivity index (χ1) is 20.0.